The van der Waals surface area contributed by atoms with Crippen molar-refractivity contribution in [2.24, 2.45) is 0 Å². The van der Waals surface area contributed by atoms with Crippen molar-refractivity contribution >= 4 is 5.97 Å². The first-order valence-electron chi connectivity index (χ1n) is 6.78. The summed E-state index contributed by atoms with van der Waals surface area (Å²) < 4.78 is 0. The van der Waals surface area contributed by atoms with Gasteiger partial charge in [0, 0.05) is 6.54 Å². The molecule has 98 valence electrons. The number of aromatic carboxylic acids is 1. The molecule has 0 bridgehead atoms. The number of hydrogen-bond acceptors (Lipinski definition) is 2. The van der Waals surface area contributed by atoms with E-state index >= 15 is 0 Å². The third-order valence-corrected chi connectivity index (χ3v) is 3.64. The van der Waals surface area contributed by atoms with Crippen molar-refractivity contribution in [2.45, 2.75) is 39.2 Å². The molecule has 18 heavy (non-hydrogen) atoms. The summed E-state index contributed by atoms with van der Waals surface area (Å²) in [5.41, 5.74) is 2.62. The van der Waals surface area contributed by atoms with Gasteiger partial charge in [0.05, 0.1) is 5.56 Å². The van der Waals surface area contributed by atoms with E-state index in [2.05, 4.69) is 11.0 Å². The molecule has 1 aromatic rings. The number of hydrogen-bond donors (Lipinski definition) is 1. The van der Waals surface area contributed by atoms with E-state index in [9.17, 15) is 4.79 Å². The first-order chi connectivity index (χ1) is 8.70. The molecule has 1 N–H and O–H groups in total. The summed E-state index contributed by atoms with van der Waals surface area (Å²) in [6, 6.07) is 5.76. The number of piperidine rings is 1. The first kappa shape index (κ1) is 13.1. The summed E-state index contributed by atoms with van der Waals surface area (Å²) in [6.07, 6.45) is 4.69. The van der Waals surface area contributed by atoms with E-state index in [1.54, 1.807) is 6.07 Å². The monoisotopic (exact) mass is 247 g/mol. The molecule has 0 spiro atoms. The summed E-state index contributed by atoms with van der Waals surface area (Å²) in [5, 5.41) is 9.10. The third kappa shape index (κ3) is 3.10. The minimum Gasteiger partial charge on any atom is -0.478 e. The largest absolute Gasteiger partial charge is 0.478 e. The van der Waals surface area contributed by atoms with Crippen LogP contribution in [0.1, 0.15) is 47.7 Å². The Morgan fingerprint density at radius 1 is 1.28 bits per heavy atom. The van der Waals surface area contributed by atoms with E-state index < -0.39 is 5.97 Å². The zero-order valence-electron chi connectivity index (χ0n) is 11.0. The summed E-state index contributed by atoms with van der Waals surface area (Å²) in [7, 11) is 0. The second kappa shape index (κ2) is 6.01. The smallest absolute Gasteiger partial charge is 0.335 e. The molecule has 0 unspecified atom stereocenters. The quantitative estimate of drug-likeness (QED) is 0.889. The molecular weight excluding hydrogens is 226 g/mol. The summed E-state index contributed by atoms with van der Waals surface area (Å²) in [5.74, 6) is -0.823. The lowest BCUT2D eigenvalue weighted by Crippen LogP contribution is -2.29. The van der Waals surface area contributed by atoms with Crippen LogP contribution in [0.4, 0.5) is 0 Å². The van der Waals surface area contributed by atoms with Crippen LogP contribution in [-0.2, 0) is 13.0 Å². The molecule has 1 aliphatic rings. The molecule has 1 aliphatic heterocycles. The number of carboxylic acids is 1. The van der Waals surface area contributed by atoms with Gasteiger partial charge in [-0.25, -0.2) is 4.79 Å². The number of nitrogens with zero attached hydrogens (tertiary/aromatic N) is 1. The Bertz CT molecular complexity index is 423. The highest BCUT2D eigenvalue weighted by molar-refractivity contribution is 5.89. The molecule has 3 nitrogen and oxygen atoms in total. The van der Waals surface area contributed by atoms with Gasteiger partial charge in [0.1, 0.15) is 0 Å². The molecule has 0 amide bonds. The second-order valence-electron chi connectivity index (χ2n) is 4.99. The van der Waals surface area contributed by atoms with E-state index in [0.717, 1.165) is 18.5 Å². The van der Waals surface area contributed by atoms with E-state index in [4.69, 9.17) is 5.11 Å². The van der Waals surface area contributed by atoms with E-state index in [1.807, 2.05) is 13.0 Å². The Morgan fingerprint density at radius 2 is 2.00 bits per heavy atom. The van der Waals surface area contributed by atoms with Crippen molar-refractivity contribution in [2.75, 3.05) is 13.1 Å². The van der Waals surface area contributed by atoms with Gasteiger partial charge in [-0.3, -0.25) is 4.90 Å². The Morgan fingerprint density at radius 3 is 2.61 bits per heavy atom. The van der Waals surface area contributed by atoms with Gasteiger partial charge < -0.3 is 5.11 Å². The summed E-state index contributed by atoms with van der Waals surface area (Å²) in [6.45, 7) is 5.30. The highest BCUT2D eigenvalue weighted by Gasteiger charge is 2.13. The van der Waals surface area contributed by atoms with Crippen LogP contribution in [0.2, 0.25) is 0 Å². The molecule has 1 heterocycles. The molecule has 2 rings (SSSR count). The number of rotatable bonds is 4. The van der Waals surface area contributed by atoms with Gasteiger partial charge in [-0.15, -0.1) is 0 Å². The van der Waals surface area contributed by atoms with E-state index in [1.165, 1.54) is 37.9 Å². The number of aryl methyl sites for hydroxylation is 1. The minimum absolute atomic E-state index is 0.444. The molecule has 1 saturated heterocycles. The second-order valence-corrected chi connectivity index (χ2v) is 4.99. The summed E-state index contributed by atoms with van der Waals surface area (Å²) in [4.78, 5) is 13.5. The van der Waals surface area contributed by atoms with Crippen molar-refractivity contribution in [3.05, 3.63) is 34.9 Å². The summed E-state index contributed by atoms with van der Waals surface area (Å²) >= 11 is 0. The van der Waals surface area contributed by atoms with Gasteiger partial charge in [0.15, 0.2) is 0 Å². The SMILES string of the molecule is CCc1cc(CN2CCCCC2)ccc1C(=O)O. The third-order valence-electron chi connectivity index (χ3n) is 3.64. The van der Waals surface area contributed by atoms with Crippen LogP contribution in [0.15, 0.2) is 18.2 Å². The number of likely N-dealkylation sites (tertiary alicyclic amines) is 1. The molecule has 1 aromatic carbocycles. The van der Waals surface area contributed by atoms with Crippen molar-refractivity contribution in [1.29, 1.82) is 0 Å². The molecule has 0 saturated carbocycles. The minimum atomic E-state index is -0.823. The predicted molar refractivity (Wildman–Crippen MR) is 71.9 cm³/mol. The Hall–Kier alpha value is -1.35. The van der Waals surface area contributed by atoms with Gasteiger partial charge in [-0.1, -0.05) is 25.5 Å². The zero-order valence-corrected chi connectivity index (χ0v) is 11.0. The normalized spacial score (nSPS) is 16.7. The highest BCUT2D eigenvalue weighted by atomic mass is 16.4. The Balaban J connectivity index is 2.11. The molecule has 1 fully saturated rings. The van der Waals surface area contributed by atoms with Gasteiger partial charge >= 0.3 is 5.97 Å². The van der Waals surface area contributed by atoms with Crippen molar-refractivity contribution in [3.63, 3.8) is 0 Å². The van der Waals surface area contributed by atoms with Crippen LogP contribution in [0.25, 0.3) is 0 Å². The molecule has 0 aliphatic carbocycles. The Labute approximate surface area is 108 Å². The lowest BCUT2D eigenvalue weighted by atomic mass is 10.0. The van der Waals surface area contributed by atoms with Crippen LogP contribution >= 0.6 is 0 Å². The van der Waals surface area contributed by atoms with Crippen molar-refractivity contribution in [3.8, 4) is 0 Å². The van der Waals surface area contributed by atoms with Gasteiger partial charge in [0.2, 0.25) is 0 Å². The number of carbonyl (C=O) groups is 1. The van der Waals surface area contributed by atoms with Crippen molar-refractivity contribution < 1.29 is 9.90 Å². The molecule has 0 atom stereocenters. The average molecular weight is 247 g/mol. The van der Waals surface area contributed by atoms with Crippen LogP contribution in [0.3, 0.4) is 0 Å². The van der Waals surface area contributed by atoms with Gasteiger partial charge in [0.25, 0.3) is 0 Å². The maximum Gasteiger partial charge on any atom is 0.335 e. The molecule has 0 radical (unpaired) electrons. The Kier molecular flexibility index (Phi) is 4.37. The maximum absolute atomic E-state index is 11.1. The fourth-order valence-corrected chi connectivity index (χ4v) is 2.62. The van der Waals surface area contributed by atoms with Gasteiger partial charge in [-0.05, 0) is 49.5 Å². The number of benzene rings is 1. The van der Waals surface area contributed by atoms with Crippen molar-refractivity contribution in [1.82, 2.24) is 4.90 Å². The van der Waals surface area contributed by atoms with Crippen LogP contribution in [0, 0.1) is 0 Å². The lowest BCUT2D eigenvalue weighted by Gasteiger charge is -2.26. The molecule has 0 aromatic heterocycles. The van der Waals surface area contributed by atoms with Gasteiger partial charge in [-0.2, -0.15) is 0 Å². The zero-order chi connectivity index (χ0) is 13.0. The van der Waals surface area contributed by atoms with E-state index in [-0.39, 0.29) is 0 Å². The number of carboxylic acid groups (broad SMARTS) is 1. The average Bonchev–Trinajstić information content (AvgIpc) is 2.39. The standard InChI is InChI=1S/C15H21NO2/c1-2-13-10-12(6-7-14(13)15(17)18)11-16-8-4-3-5-9-16/h6-7,10H,2-5,8-9,11H2,1H3,(H,17,18). The topological polar surface area (TPSA) is 40.5 Å². The first-order valence-corrected chi connectivity index (χ1v) is 6.78. The van der Waals surface area contributed by atoms with Crippen LogP contribution in [-0.4, -0.2) is 29.1 Å². The highest BCUT2D eigenvalue weighted by Crippen LogP contribution is 2.17. The van der Waals surface area contributed by atoms with E-state index in [0.29, 0.717) is 5.56 Å². The van der Waals surface area contributed by atoms with Crippen LogP contribution < -0.4 is 0 Å². The van der Waals surface area contributed by atoms with Crippen LogP contribution in [0.5, 0.6) is 0 Å². The predicted octanol–water partition coefficient (Wildman–Crippen LogP) is 2.93. The fourth-order valence-electron chi connectivity index (χ4n) is 2.62. The lowest BCUT2D eigenvalue weighted by molar-refractivity contribution is 0.0695. The maximum atomic E-state index is 11.1. The molecular formula is C15H21NO2. The fraction of sp³-hybridized carbons (Fsp3) is 0.533. The molecule has 3 heteroatoms.